The van der Waals surface area contributed by atoms with Crippen molar-refractivity contribution in [1.82, 2.24) is 9.78 Å². The molecule has 2 aromatic carbocycles. The monoisotopic (exact) mass is 464 g/mol. The largest absolute Gasteiger partial charge is 0.480 e. The molecular weight excluding hydrogens is 435 g/mol. The van der Waals surface area contributed by atoms with E-state index in [9.17, 15) is 14.0 Å². The Kier molecular flexibility index (Phi) is 7.53. The van der Waals surface area contributed by atoms with Gasteiger partial charge in [-0.2, -0.15) is 5.10 Å². The predicted octanol–water partition coefficient (Wildman–Crippen LogP) is 4.93. The number of aromatic nitrogens is 2. The molecule has 1 aromatic heterocycles. The lowest BCUT2D eigenvalue weighted by Crippen LogP contribution is -2.29. The van der Waals surface area contributed by atoms with Gasteiger partial charge in [-0.15, -0.1) is 0 Å². The summed E-state index contributed by atoms with van der Waals surface area (Å²) in [5.41, 5.74) is 3.14. The molecule has 1 aliphatic carbocycles. The molecule has 0 bridgehead atoms. The van der Waals surface area contributed by atoms with Crippen molar-refractivity contribution >= 4 is 5.97 Å². The Morgan fingerprint density at radius 3 is 2.44 bits per heavy atom. The molecule has 1 N–H and O–H groups in total. The van der Waals surface area contributed by atoms with Crippen molar-refractivity contribution < 1.29 is 19.0 Å². The molecule has 0 spiro atoms. The topological polar surface area (TPSA) is 81.4 Å². The number of ether oxygens (including phenoxy) is 1. The van der Waals surface area contributed by atoms with Gasteiger partial charge in [0.05, 0.1) is 12.3 Å². The summed E-state index contributed by atoms with van der Waals surface area (Å²) in [6, 6.07) is 16.2. The maximum absolute atomic E-state index is 14.4. The molecule has 7 heteroatoms. The van der Waals surface area contributed by atoms with E-state index in [0.29, 0.717) is 47.4 Å². The van der Waals surface area contributed by atoms with Gasteiger partial charge in [0.1, 0.15) is 12.4 Å². The number of carboxylic acid groups (broad SMARTS) is 1. The minimum absolute atomic E-state index is 0.179. The summed E-state index contributed by atoms with van der Waals surface area (Å²) in [6.07, 6.45) is 3.70. The first-order valence-electron chi connectivity index (χ1n) is 11.6. The van der Waals surface area contributed by atoms with Gasteiger partial charge < -0.3 is 9.84 Å². The van der Waals surface area contributed by atoms with E-state index >= 15 is 0 Å². The molecule has 3 aromatic rings. The number of hydrogen-bond donors (Lipinski definition) is 1. The van der Waals surface area contributed by atoms with Crippen molar-refractivity contribution in [2.75, 3.05) is 13.2 Å². The lowest BCUT2D eigenvalue weighted by atomic mass is 9.82. The first-order chi connectivity index (χ1) is 16.4. The van der Waals surface area contributed by atoms with E-state index in [1.807, 2.05) is 36.4 Å². The van der Waals surface area contributed by atoms with E-state index in [0.717, 1.165) is 31.2 Å². The second-order valence-electron chi connectivity index (χ2n) is 9.05. The van der Waals surface area contributed by atoms with E-state index in [1.54, 1.807) is 19.1 Å². The molecular formula is C27H29FN2O4. The summed E-state index contributed by atoms with van der Waals surface area (Å²) in [7, 11) is 0. The van der Waals surface area contributed by atoms with Gasteiger partial charge in [0.25, 0.3) is 5.56 Å². The third kappa shape index (κ3) is 5.78. The number of benzene rings is 2. The molecule has 0 atom stereocenters. The molecule has 0 amide bonds. The summed E-state index contributed by atoms with van der Waals surface area (Å²) in [6.45, 7) is 2.40. The number of carbonyl (C=O) groups is 1. The van der Waals surface area contributed by atoms with Crippen molar-refractivity contribution in [3.63, 3.8) is 0 Å². The fourth-order valence-electron chi connectivity index (χ4n) is 4.55. The van der Waals surface area contributed by atoms with Crippen LogP contribution in [0.25, 0.3) is 22.4 Å². The number of rotatable bonds is 8. The average Bonchev–Trinajstić information content (AvgIpc) is 2.83. The lowest BCUT2D eigenvalue weighted by molar-refractivity contribution is -0.142. The van der Waals surface area contributed by atoms with Gasteiger partial charge >= 0.3 is 5.97 Å². The van der Waals surface area contributed by atoms with Gasteiger partial charge in [0.2, 0.25) is 0 Å². The van der Waals surface area contributed by atoms with Crippen LogP contribution in [0.4, 0.5) is 4.39 Å². The lowest BCUT2D eigenvalue weighted by Gasteiger charge is -2.28. The van der Waals surface area contributed by atoms with Crippen LogP contribution in [-0.2, 0) is 16.1 Å². The van der Waals surface area contributed by atoms with Gasteiger partial charge in [0.15, 0.2) is 0 Å². The van der Waals surface area contributed by atoms with Gasteiger partial charge in [-0.25, -0.2) is 13.9 Å². The van der Waals surface area contributed by atoms with Crippen LogP contribution < -0.4 is 5.56 Å². The molecule has 1 heterocycles. The van der Waals surface area contributed by atoms with Crippen LogP contribution in [0, 0.1) is 24.6 Å². The zero-order valence-corrected chi connectivity index (χ0v) is 19.2. The third-order valence-electron chi connectivity index (χ3n) is 6.50. The first-order valence-corrected chi connectivity index (χ1v) is 11.6. The minimum Gasteiger partial charge on any atom is -0.480 e. The highest BCUT2D eigenvalue weighted by Gasteiger charge is 2.23. The molecule has 1 saturated carbocycles. The highest BCUT2D eigenvalue weighted by atomic mass is 19.1. The van der Waals surface area contributed by atoms with Crippen LogP contribution in [0.2, 0.25) is 0 Å². The summed E-state index contributed by atoms with van der Waals surface area (Å²) >= 11 is 0. The summed E-state index contributed by atoms with van der Waals surface area (Å²) < 4.78 is 21.1. The van der Waals surface area contributed by atoms with E-state index in [4.69, 9.17) is 14.9 Å². The van der Waals surface area contributed by atoms with Crippen molar-refractivity contribution in [2.24, 2.45) is 11.8 Å². The van der Waals surface area contributed by atoms with Crippen molar-refractivity contribution in [3.05, 3.63) is 76.3 Å². The maximum atomic E-state index is 14.4. The Morgan fingerprint density at radius 2 is 1.76 bits per heavy atom. The van der Waals surface area contributed by atoms with Crippen LogP contribution in [0.1, 0.15) is 31.2 Å². The van der Waals surface area contributed by atoms with Gasteiger partial charge in [-0.05, 0) is 61.6 Å². The Bertz CT molecular complexity index is 1200. The van der Waals surface area contributed by atoms with E-state index in [1.165, 1.54) is 10.7 Å². The van der Waals surface area contributed by atoms with Crippen molar-refractivity contribution in [1.29, 1.82) is 0 Å². The Morgan fingerprint density at radius 1 is 1.06 bits per heavy atom. The smallest absolute Gasteiger partial charge is 0.329 e. The second-order valence-corrected chi connectivity index (χ2v) is 9.05. The van der Waals surface area contributed by atoms with Crippen molar-refractivity contribution in [2.45, 2.75) is 39.2 Å². The third-order valence-corrected chi connectivity index (χ3v) is 6.50. The Labute approximate surface area is 198 Å². The van der Waals surface area contributed by atoms with Gasteiger partial charge in [-0.3, -0.25) is 4.79 Å². The molecule has 34 heavy (non-hydrogen) atoms. The maximum Gasteiger partial charge on any atom is 0.329 e. The van der Waals surface area contributed by atoms with Crippen LogP contribution in [-0.4, -0.2) is 34.1 Å². The van der Waals surface area contributed by atoms with Crippen LogP contribution >= 0.6 is 0 Å². The molecule has 4 rings (SSSR count). The van der Waals surface area contributed by atoms with E-state index in [2.05, 4.69) is 0 Å². The summed E-state index contributed by atoms with van der Waals surface area (Å²) in [4.78, 5) is 23.6. The van der Waals surface area contributed by atoms with E-state index in [-0.39, 0.29) is 18.0 Å². The minimum atomic E-state index is -0.956. The number of nitrogens with zero attached hydrogens (tertiary/aromatic N) is 2. The molecule has 1 fully saturated rings. The zero-order chi connectivity index (χ0) is 24.1. The first kappa shape index (κ1) is 23.8. The number of halogens is 1. The molecule has 1 aliphatic rings. The second kappa shape index (κ2) is 10.7. The molecule has 0 radical (unpaired) electrons. The van der Waals surface area contributed by atoms with Crippen LogP contribution in [0.5, 0.6) is 0 Å². The molecule has 178 valence electrons. The SMILES string of the molecule is Cc1ccc(-c2nn(CC3CCC(COCC(=O)O)CC3)c(=O)cc2-c2ccccc2)cc1F. The molecule has 6 nitrogen and oxygen atoms in total. The molecule has 0 saturated heterocycles. The molecule has 0 unspecified atom stereocenters. The number of aliphatic carboxylic acids is 1. The predicted molar refractivity (Wildman–Crippen MR) is 128 cm³/mol. The number of carboxylic acids is 1. The normalized spacial score (nSPS) is 18.1. The number of hydrogen-bond acceptors (Lipinski definition) is 4. The van der Waals surface area contributed by atoms with Crippen LogP contribution in [0.3, 0.4) is 0 Å². The van der Waals surface area contributed by atoms with Crippen molar-refractivity contribution in [3.8, 4) is 22.4 Å². The summed E-state index contributed by atoms with van der Waals surface area (Å²) in [5, 5.41) is 13.4. The standard InChI is InChI=1S/C27H29FN2O4/c1-18-7-12-22(13-24(18)28)27-23(21-5-3-2-4-6-21)14-25(31)30(29-27)15-19-8-10-20(11-9-19)16-34-17-26(32)33/h2-7,12-14,19-20H,8-11,15-17H2,1H3,(H,32,33). The highest BCUT2D eigenvalue weighted by Crippen LogP contribution is 2.32. The quantitative estimate of drug-likeness (QED) is 0.511. The Hall–Kier alpha value is -3.32. The van der Waals surface area contributed by atoms with Crippen LogP contribution in [0.15, 0.2) is 59.4 Å². The Balaban J connectivity index is 1.56. The molecule has 0 aliphatic heterocycles. The zero-order valence-electron chi connectivity index (χ0n) is 19.2. The van der Waals surface area contributed by atoms with Gasteiger partial charge in [-0.1, -0.05) is 42.5 Å². The highest BCUT2D eigenvalue weighted by molar-refractivity contribution is 5.80. The fourth-order valence-corrected chi connectivity index (χ4v) is 4.55. The fraction of sp³-hybridized carbons (Fsp3) is 0.370. The van der Waals surface area contributed by atoms with E-state index < -0.39 is 5.97 Å². The summed E-state index contributed by atoms with van der Waals surface area (Å²) in [5.74, 6) is -0.625. The number of aryl methyl sites for hydroxylation is 1. The van der Waals surface area contributed by atoms with Gasteiger partial charge in [0, 0.05) is 23.7 Å². The average molecular weight is 465 g/mol.